The zero-order valence-corrected chi connectivity index (χ0v) is 10.7. The summed E-state index contributed by atoms with van der Waals surface area (Å²) in [6.07, 6.45) is -4.86. The number of carbonyl (C=O) groups is 3. The quantitative estimate of drug-likeness (QED) is 0.481. The summed E-state index contributed by atoms with van der Waals surface area (Å²) in [4.78, 5) is 28.0. The molecule has 0 spiro atoms. The number of primary amides is 3. The van der Waals surface area contributed by atoms with E-state index in [1.807, 2.05) is 0 Å². The highest BCUT2D eigenvalue weighted by Crippen LogP contribution is 2.11. The maximum atomic E-state index is 10.7. The van der Waals surface area contributed by atoms with E-state index in [-0.39, 0.29) is 6.54 Å². The second kappa shape index (κ2) is 8.97. The molecule has 0 aliphatic heterocycles. The topological polar surface area (TPSA) is 152 Å². The number of halogens is 3. The number of aliphatic carboxylic acids is 1. The summed E-state index contributed by atoms with van der Waals surface area (Å²) in [5.74, 6) is -3.26. The Kier molecular flexibility index (Phi) is 10.5. The lowest BCUT2D eigenvalue weighted by molar-refractivity contribution is -0.864. The standard InChI is InChI=1S/C5H11NO2.C2H2F3NO.CH4N2O/c1-6(2,3)4-5(7)8;3-2(4,5)1(6)7;2-1(3)4/h4H2,1-3H3;(H2,6,7);(H4,2,3,4). The summed E-state index contributed by atoms with van der Waals surface area (Å²) < 4.78 is 32.5. The summed E-state index contributed by atoms with van der Waals surface area (Å²) in [5, 5.41) is 9.89. The van der Waals surface area contributed by atoms with Gasteiger partial charge in [-0.1, -0.05) is 0 Å². The molecule has 0 unspecified atom stereocenters. The van der Waals surface area contributed by atoms with Gasteiger partial charge in [0.25, 0.3) is 0 Å². The second-order valence-electron chi connectivity index (χ2n) is 4.08. The SMILES string of the molecule is C[N+](C)(C)CC(=O)[O-].NC(=O)C(F)(F)F.NC(N)=O. The third kappa shape index (κ3) is 38.7. The fraction of sp³-hybridized carbons (Fsp3) is 0.625. The molecule has 11 heteroatoms. The van der Waals surface area contributed by atoms with Crippen molar-refractivity contribution in [2.45, 2.75) is 6.18 Å². The summed E-state index contributed by atoms with van der Waals surface area (Å²) in [6, 6.07) is -0.833. The van der Waals surface area contributed by atoms with Crippen LogP contribution >= 0.6 is 0 Å². The number of carbonyl (C=O) groups excluding carboxylic acids is 3. The van der Waals surface area contributed by atoms with Gasteiger partial charge in [0, 0.05) is 0 Å². The monoisotopic (exact) mass is 290 g/mol. The van der Waals surface area contributed by atoms with Crippen molar-refractivity contribution in [3.8, 4) is 0 Å². The van der Waals surface area contributed by atoms with Crippen molar-refractivity contribution in [2.75, 3.05) is 27.7 Å². The van der Waals surface area contributed by atoms with Gasteiger partial charge in [0.15, 0.2) is 0 Å². The zero-order chi connectivity index (χ0) is 16.4. The van der Waals surface area contributed by atoms with Gasteiger partial charge in [0.05, 0.1) is 27.1 Å². The van der Waals surface area contributed by atoms with Gasteiger partial charge in [-0.3, -0.25) is 4.79 Å². The number of nitrogens with zero attached hydrogens (tertiary/aromatic N) is 1. The van der Waals surface area contributed by atoms with Gasteiger partial charge in [-0.15, -0.1) is 0 Å². The average Bonchev–Trinajstić information content (AvgIpc) is 1.95. The molecular formula is C8H17F3N4O4. The van der Waals surface area contributed by atoms with Crippen molar-refractivity contribution in [3.05, 3.63) is 0 Å². The Morgan fingerprint density at radius 1 is 1.05 bits per heavy atom. The molecule has 19 heavy (non-hydrogen) atoms. The minimum Gasteiger partial charge on any atom is -0.544 e. The van der Waals surface area contributed by atoms with Crippen LogP contribution < -0.4 is 22.3 Å². The molecule has 3 amide bonds. The molecule has 0 aromatic heterocycles. The number of hydrogen-bond acceptors (Lipinski definition) is 4. The Balaban J connectivity index is -0.000000214. The zero-order valence-electron chi connectivity index (χ0n) is 10.7. The maximum absolute atomic E-state index is 10.7. The minimum atomic E-state index is -4.86. The average molecular weight is 290 g/mol. The van der Waals surface area contributed by atoms with Crippen molar-refractivity contribution in [1.29, 1.82) is 0 Å². The van der Waals surface area contributed by atoms with E-state index >= 15 is 0 Å². The number of alkyl halides is 3. The van der Waals surface area contributed by atoms with Crippen LogP contribution in [0.3, 0.4) is 0 Å². The van der Waals surface area contributed by atoms with E-state index in [0.29, 0.717) is 4.48 Å². The van der Waals surface area contributed by atoms with Crippen LogP contribution in [0.1, 0.15) is 0 Å². The van der Waals surface area contributed by atoms with Crippen LogP contribution in [0.25, 0.3) is 0 Å². The van der Waals surface area contributed by atoms with E-state index in [1.165, 1.54) is 0 Å². The van der Waals surface area contributed by atoms with Gasteiger partial charge >= 0.3 is 18.1 Å². The Labute approximate surface area is 107 Å². The van der Waals surface area contributed by atoms with E-state index in [4.69, 9.17) is 9.59 Å². The van der Waals surface area contributed by atoms with Crippen LogP contribution in [0.2, 0.25) is 0 Å². The van der Waals surface area contributed by atoms with E-state index in [0.717, 1.165) is 0 Å². The largest absolute Gasteiger partial charge is 0.544 e. The lowest BCUT2D eigenvalue weighted by atomic mass is 10.5. The molecule has 0 fully saturated rings. The highest BCUT2D eigenvalue weighted by Gasteiger charge is 2.35. The number of likely N-dealkylation sites (N-methyl/N-ethyl adjacent to an activating group) is 1. The molecule has 0 bridgehead atoms. The highest BCUT2D eigenvalue weighted by atomic mass is 19.4. The van der Waals surface area contributed by atoms with Gasteiger partial charge in [-0.2, -0.15) is 13.2 Å². The lowest BCUT2D eigenvalue weighted by Gasteiger charge is -2.23. The first kappa shape index (κ1) is 22.2. The van der Waals surface area contributed by atoms with Crippen LogP contribution in [0.5, 0.6) is 0 Å². The van der Waals surface area contributed by atoms with Crippen LogP contribution in [-0.2, 0) is 9.59 Å². The summed E-state index contributed by atoms with van der Waals surface area (Å²) in [5.41, 5.74) is 12.3. The summed E-state index contributed by atoms with van der Waals surface area (Å²) in [6.45, 7) is 0.0694. The van der Waals surface area contributed by atoms with Crippen molar-refractivity contribution < 1.29 is 37.1 Å². The van der Waals surface area contributed by atoms with Crippen molar-refractivity contribution in [3.63, 3.8) is 0 Å². The second-order valence-corrected chi connectivity index (χ2v) is 4.08. The number of carboxylic acids is 1. The normalized spacial score (nSPS) is 10.2. The van der Waals surface area contributed by atoms with E-state index in [2.05, 4.69) is 17.2 Å². The highest BCUT2D eigenvalue weighted by molar-refractivity contribution is 5.79. The van der Waals surface area contributed by atoms with Crippen molar-refractivity contribution in [2.24, 2.45) is 17.2 Å². The van der Waals surface area contributed by atoms with Crippen molar-refractivity contribution >= 4 is 17.9 Å². The molecule has 0 aromatic carbocycles. The van der Waals surface area contributed by atoms with E-state index < -0.39 is 24.1 Å². The Morgan fingerprint density at radius 3 is 1.26 bits per heavy atom. The van der Waals surface area contributed by atoms with Crippen LogP contribution in [0, 0.1) is 0 Å². The predicted molar refractivity (Wildman–Crippen MR) is 56.9 cm³/mol. The first-order valence-electron chi connectivity index (χ1n) is 4.51. The number of hydrogen-bond donors (Lipinski definition) is 3. The van der Waals surface area contributed by atoms with Gasteiger partial charge in [-0.25, -0.2) is 4.79 Å². The lowest BCUT2D eigenvalue weighted by Crippen LogP contribution is -2.45. The van der Waals surface area contributed by atoms with Gasteiger partial charge in [0.1, 0.15) is 6.54 Å². The molecule has 0 saturated heterocycles. The van der Waals surface area contributed by atoms with E-state index in [9.17, 15) is 23.1 Å². The Bertz CT molecular complexity index is 308. The summed E-state index contributed by atoms with van der Waals surface area (Å²) >= 11 is 0. The van der Waals surface area contributed by atoms with Gasteiger partial charge < -0.3 is 31.6 Å². The molecule has 0 aliphatic carbocycles. The third-order valence-electron chi connectivity index (χ3n) is 0.883. The summed E-state index contributed by atoms with van der Waals surface area (Å²) in [7, 11) is 5.40. The Morgan fingerprint density at radius 2 is 1.26 bits per heavy atom. The number of nitrogens with two attached hydrogens (primary N) is 3. The minimum absolute atomic E-state index is 0.0694. The number of quaternary nitrogens is 1. The number of amides is 3. The van der Waals surface area contributed by atoms with Crippen LogP contribution in [-0.4, -0.2) is 56.3 Å². The first-order chi connectivity index (χ1) is 8.09. The fourth-order valence-corrected chi connectivity index (χ4v) is 0.387. The van der Waals surface area contributed by atoms with E-state index in [1.54, 1.807) is 21.1 Å². The molecule has 0 aliphatic rings. The fourth-order valence-electron chi connectivity index (χ4n) is 0.387. The predicted octanol–water partition coefficient (Wildman–Crippen LogP) is -2.50. The third-order valence-corrected chi connectivity index (χ3v) is 0.883. The molecule has 6 N–H and O–H groups in total. The van der Waals surface area contributed by atoms with Gasteiger partial charge in [-0.05, 0) is 0 Å². The Hall–Kier alpha value is -2.04. The number of carboxylic acid groups (broad SMARTS) is 1. The van der Waals surface area contributed by atoms with Gasteiger partial charge in [0.2, 0.25) is 0 Å². The van der Waals surface area contributed by atoms with Crippen LogP contribution in [0.15, 0.2) is 0 Å². The number of rotatable bonds is 2. The molecule has 0 aromatic rings. The molecule has 114 valence electrons. The molecular weight excluding hydrogens is 273 g/mol. The smallest absolute Gasteiger partial charge is 0.470 e. The molecule has 0 saturated carbocycles. The number of urea groups is 1. The molecule has 8 nitrogen and oxygen atoms in total. The molecule has 0 heterocycles. The maximum Gasteiger partial charge on any atom is 0.470 e. The molecule has 0 radical (unpaired) electrons. The van der Waals surface area contributed by atoms with Crippen molar-refractivity contribution in [1.82, 2.24) is 0 Å². The first-order valence-corrected chi connectivity index (χ1v) is 4.51. The molecule has 0 rings (SSSR count). The molecule has 0 atom stereocenters. The van der Waals surface area contributed by atoms with Crippen LogP contribution in [0.4, 0.5) is 18.0 Å².